The van der Waals surface area contributed by atoms with Crippen molar-refractivity contribution in [3.63, 3.8) is 0 Å². The third kappa shape index (κ3) is 2.29. The van der Waals surface area contributed by atoms with Gasteiger partial charge in [-0.25, -0.2) is 0 Å². The van der Waals surface area contributed by atoms with E-state index < -0.39 is 0 Å². The molecule has 0 radical (unpaired) electrons. The Labute approximate surface area is 87.3 Å². The summed E-state index contributed by atoms with van der Waals surface area (Å²) in [6, 6.07) is 0.829. The highest BCUT2D eigenvalue weighted by atomic mass is 15.3. The lowest BCUT2D eigenvalue weighted by Gasteiger charge is -2.23. The maximum atomic E-state index is 5.28. The first-order valence-corrected chi connectivity index (χ1v) is 5.80. The predicted octanol–water partition coefficient (Wildman–Crippen LogP) is 1.18. The molecule has 2 saturated heterocycles. The van der Waals surface area contributed by atoms with Crippen LogP contribution in [0.5, 0.6) is 0 Å². The van der Waals surface area contributed by atoms with Gasteiger partial charge >= 0.3 is 0 Å². The first-order valence-electron chi connectivity index (χ1n) is 5.80. The van der Waals surface area contributed by atoms with Gasteiger partial charge in [0.25, 0.3) is 0 Å². The van der Waals surface area contributed by atoms with Crippen molar-refractivity contribution >= 4 is 0 Å². The lowest BCUT2D eigenvalue weighted by molar-refractivity contribution is 0.234. The molecule has 14 heavy (non-hydrogen) atoms. The van der Waals surface area contributed by atoms with E-state index in [4.69, 9.17) is 6.42 Å². The predicted molar refractivity (Wildman–Crippen MR) is 59.1 cm³/mol. The topological polar surface area (TPSA) is 6.48 Å². The molecule has 2 heteroatoms. The van der Waals surface area contributed by atoms with Gasteiger partial charge in [0.15, 0.2) is 0 Å². The molecule has 78 valence electrons. The monoisotopic (exact) mass is 192 g/mol. The van der Waals surface area contributed by atoms with Crippen LogP contribution in [0.3, 0.4) is 0 Å². The first-order chi connectivity index (χ1) is 6.90. The van der Waals surface area contributed by atoms with Gasteiger partial charge in [-0.1, -0.05) is 0 Å². The molecule has 2 aliphatic rings. The van der Waals surface area contributed by atoms with Gasteiger partial charge in [-0.05, 0) is 38.9 Å². The summed E-state index contributed by atoms with van der Waals surface area (Å²) in [7, 11) is 0. The van der Waals surface area contributed by atoms with E-state index >= 15 is 0 Å². The molecule has 0 N–H and O–H groups in total. The Kier molecular flexibility index (Phi) is 3.44. The van der Waals surface area contributed by atoms with Gasteiger partial charge in [-0.15, -0.1) is 12.3 Å². The normalized spacial score (nSPS) is 29.5. The molecule has 2 rings (SSSR count). The Bertz CT molecular complexity index is 213. The van der Waals surface area contributed by atoms with Crippen LogP contribution in [0, 0.1) is 12.3 Å². The Morgan fingerprint density at radius 3 is 2.71 bits per heavy atom. The van der Waals surface area contributed by atoms with Crippen LogP contribution in [0.2, 0.25) is 0 Å². The fourth-order valence-electron chi connectivity index (χ4n) is 2.64. The van der Waals surface area contributed by atoms with E-state index in [0.717, 1.165) is 19.0 Å². The molecule has 0 bridgehead atoms. The van der Waals surface area contributed by atoms with Gasteiger partial charge in [0.2, 0.25) is 0 Å². The lowest BCUT2D eigenvalue weighted by atomic mass is 10.2. The maximum absolute atomic E-state index is 5.28. The van der Waals surface area contributed by atoms with Gasteiger partial charge in [-0.3, -0.25) is 4.90 Å². The van der Waals surface area contributed by atoms with Crippen molar-refractivity contribution in [3.05, 3.63) is 0 Å². The number of nitrogens with zero attached hydrogens (tertiary/aromatic N) is 2. The van der Waals surface area contributed by atoms with Crippen LogP contribution in [0.15, 0.2) is 0 Å². The fraction of sp³-hybridized carbons (Fsp3) is 0.833. The zero-order chi connectivity index (χ0) is 9.80. The molecule has 1 atom stereocenters. The average Bonchev–Trinajstić information content (AvgIpc) is 2.85. The zero-order valence-electron chi connectivity index (χ0n) is 8.91. The van der Waals surface area contributed by atoms with E-state index in [2.05, 4.69) is 15.7 Å². The largest absolute Gasteiger partial charge is 0.301 e. The second-order valence-electron chi connectivity index (χ2n) is 4.44. The van der Waals surface area contributed by atoms with Crippen molar-refractivity contribution in [2.75, 3.05) is 32.7 Å². The molecule has 2 aliphatic heterocycles. The van der Waals surface area contributed by atoms with Gasteiger partial charge < -0.3 is 4.90 Å². The molecular formula is C12H20N2. The highest BCUT2D eigenvalue weighted by Crippen LogP contribution is 2.20. The van der Waals surface area contributed by atoms with Crippen LogP contribution in [-0.4, -0.2) is 48.6 Å². The van der Waals surface area contributed by atoms with Gasteiger partial charge in [0, 0.05) is 25.6 Å². The van der Waals surface area contributed by atoms with Gasteiger partial charge in [0.1, 0.15) is 0 Å². The van der Waals surface area contributed by atoms with E-state index in [1.54, 1.807) is 0 Å². The minimum atomic E-state index is 0.829. The number of likely N-dealkylation sites (tertiary alicyclic amines) is 2. The van der Waals surface area contributed by atoms with E-state index in [0.29, 0.717) is 0 Å². The molecule has 0 aromatic rings. The Morgan fingerprint density at radius 1 is 1.21 bits per heavy atom. The first kappa shape index (κ1) is 10.0. The van der Waals surface area contributed by atoms with Crippen molar-refractivity contribution in [2.45, 2.75) is 31.7 Å². The summed E-state index contributed by atoms with van der Waals surface area (Å²) in [6.45, 7) is 6.26. The number of terminal acetylenes is 1. The van der Waals surface area contributed by atoms with Crippen LogP contribution >= 0.6 is 0 Å². The Hall–Kier alpha value is -0.520. The molecule has 0 amide bonds. The number of rotatable bonds is 3. The average molecular weight is 192 g/mol. The van der Waals surface area contributed by atoms with Gasteiger partial charge in [-0.2, -0.15) is 0 Å². The van der Waals surface area contributed by atoms with E-state index in [-0.39, 0.29) is 0 Å². The molecule has 0 spiro atoms. The molecule has 2 heterocycles. The van der Waals surface area contributed by atoms with Gasteiger partial charge in [0.05, 0.1) is 0 Å². The number of hydrogen-bond donors (Lipinski definition) is 0. The van der Waals surface area contributed by atoms with Crippen LogP contribution in [0.1, 0.15) is 25.7 Å². The minimum Gasteiger partial charge on any atom is -0.301 e. The SMILES string of the molecule is C#CCCN1CCC(N2CCCC2)C1. The van der Waals surface area contributed by atoms with Crippen molar-refractivity contribution in [1.29, 1.82) is 0 Å². The van der Waals surface area contributed by atoms with Crippen molar-refractivity contribution < 1.29 is 0 Å². The highest BCUT2D eigenvalue weighted by Gasteiger charge is 2.28. The Balaban J connectivity index is 1.74. The third-order valence-electron chi connectivity index (χ3n) is 3.48. The lowest BCUT2D eigenvalue weighted by Crippen LogP contribution is -2.35. The van der Waals surface area contributed by atoms with Crippen molar-refractivity contribution in [1.82, 2.24) is 9.80 Å². The van der Waals surface area contributed by atoms with Crippen LogP contribution in [0.4, 0.5) is 0 Å². The molecule has 1 unspecified atom stereocenters. The van der Waals surface area contributed by atoms with E-state index in [1.165, 1.54) is 45.4 Å². The quantitative estimate of drug-likeness (QED) is 0.620. The maximum Gasteiger partial charge on any atom is 0.0235 e. The van der Waals surface area contributed by atoms with Crippen molar-refractivity contribution in [3.8, 4) is 12.3 Å². The third-order valence-corrected chi connectivity index (χ3v) is 3.48. The summed E-state index contributed by atoms with van der Waals surface area (Å²) >= 11 is 0. The number of hydrogen-bond acceptors (Lipinski definition) is 2. The molecule has 0 aromatic heterocycles. The van der Waals surface area contributed by atoms with Crippen molar-refractivity contribution in [2.24, 2.45) is 0 Å². The summed E-state index contributed by atoms with van der Waals surface area (Å²) in [5.74, 6) is 2.72. The molecule has 2 nitrogen and oxygen atoms in total. The molecule has 0 aliphatic carbocycles. The van der Waals surface area contributed by atoms with E-state index in [1.807, 2.05) is 0 Å². The fourth-order valence-corrected chi connectivity index (χ4v) is 2.64. The molecule has 0 aromatic carbocycles. The summed E-state index contributed by atoms with van der Waals surface area (Å²) in [5, 5.41) is 0. The summed E-state index contributed by atoms with van der Waals surface area (Å²) in [5.41, 5.74) is 0. The second-order valence-corrected chi connectivity index (χ2v) is 4.44. The molecule has 0 saturated carbocycles. The summed E-state index contributed by atoms with van der Waals surface area (Å²) in [6.07, 6.45) is 10.3. The van der Waals surface area contributed by atoms with Crippen LogP contribution in [0.25, 0.3) is 0 Å². The molecular weight excluding hydrogens is 172 g/mol. The highest BCUT2D eigenvalue weighted by molar-refractivity contribution is 4.89. The summed E-state index contributed by atoms with van der Waals surface area (Å²) in [4.78, 5) is 5.18. The summed E-state index contributed by atoms with van der Waals surface area (Å²) < 4.78 is 0. The van der Waals surface area contributed by atoms with E-state index in [9.17, 15) is 0 Å². The Morgan fingerprint density at radius 2 is 2.00 bits per heavy atom. The van der Waals surface area contributed by atoms with Crippen LogP contribution in [-0.2, 0) is 0 Å². The zero-order valence-corrected chi connectivity index (χ0v) is 8.91. The standard InChI is InChI=1S/C12H20N2/c1-2-3-7-13-10-6-12(11-13)14-8-4-5-9-14/h1,12H,3-11H2. The second kappa shape index (κ2) is 4.82. The van der Waals surface area contributed by atoms with Crippen LogP contribution < -0.4 is 0 Å². The molecule has 2 fully saturated rings. The smallest absolute Gasteiger partial charge is 0.0235 e. The minimum absolute atomic E-state index is 0.829.